The van der Waals surface area contributed by atoms with Crippen molar-refractivity contribution in [1.29, 1.82) is 0 Å². The summed E-state index contributed by atoms with van der Waals surface area (Å²) in [6.07, 6.45) is 1.50. The molecule has 0 N–H and O–H groups in total. The molecular formula is C28H27N3O3. The van der Waals surface area contributed by atoms with Gasteiger partial charge in [-0.05, 0) is 35.7 Å². The molecule has 0 unspecified atom stereocenters. The third-order valence-electron chi connectivity index (χ3n) is 6.41. The van der Waals surface area contributed by atoms with E-state index < -0.39 is 0 Å². The Morgan fingerprint density at radius 2 is 1.53 bits per heavy atom. The number of amides is 2. The Kier molecular flexibility index (Phi) is 5.88. The molecule has 1 fully saturated rings. The molecule has 6 heteroatoms. The molecule has 0 bridgehead atoms. The second-order valence-electron chi connectivity index (χ2n) is 8.91. The zero-order valence-electron chi connectivity index (χ0n) is 19.4. The Morgan fingerprint density at radius 3 is 2.18 bits per heavy atom. The van der Waals surface area contributed by atoms with E-state index in [0.29, 0.717) is 43.4 Å². The van der Waals surface area contributed by atoms with E-state index in [1.807, 2.05) is 35.2 Å². The molecule has 6 nitrogen and oxygen atoms in total. The number of rotatable bonds is 4. The van der Waals surface area contributed by atoms with Crippen LogP contribution in [0, 0.1) is 0 Å². The summed E-state index contributed by atoms with van der Waals surface area (Å²) in [6.45, 7) is 6.22. The molecule has 0 radical (unpaired) electrons. The first-order valence-corrected chi connectivity index (χ1v) is 11.6. The highest BCUT2D eigenvalue weighted by atomic mass is 16.3. The van der Waals surface area contributed by atoms with E-state index in [4.69, 9.17) is 9.40 Å². The van der Waals surface area contributed by atoms with Gasteiger partial charge in [0.2, 0.25) is 0 Å². The number of para-hydroxylation sites is 1. The molecule has 1 aliphatic rings. The van der Waals surface area contributed by atoms with E-state index in [0.717, 1.165) is 22.2 Å². The van der Waals surface area contributed by atoms with E-state index in [-0.39, 0.29) is 11.8 Å². The summed E-state index contributed by atoms with van der Waals surface area (Å²) in [5.74, 6) is 0.601. The molecule has 0 saturated carbocycles. The number of fused-ring (bicyclic) bond motifs is 1. The summed E-state index contributed by atoms with van der Waals surface area (Å²) in [7, 11) is 0. The Bertz CT molecular complexity index is 1320. The number of hydrogen-bond acceptors (Lipinski definition) is 4. The molecule has 5 rings (SSSR count). The van der Waals surface area contributed by atoms with Crippen LogP contribution in [-0.4, -0.2) is 52.8 Å². The zero-order chi connectivity index (χ0) is 23.7. The van der Waals surface area contributed by atoms with Gasteiger partial charge in [0.25, 0.3) is 11.8 Å². The molecule has 0 atom stereocenters. The minimum absolute atomic E-state index is 0.0382. The van der Waals surface area contributed by atoms with Crippen molar-refractivity contribution in [2.24, 2.45) is 0 Å². The van der Waals surface area contributed by atoms with Gasteiger partial charge in [-0.25, -0.2) is 4.98 Å². The van der Waals surface area contributed by atoms with Crippen LogP contribution in [0.3, 0.4) is 0 Å². The average Bonchev–Trinajstić information content (AvgIpc) is 3.42. The predicted octanol–water partition coefficient (Wildman–Crippen LogP) is 5.22. The first-order chi connectivity index (χ1) is 16.5. The highest BCUT2D eigenvalue weighted by Crippen LogP contribution is 2.27. The van der Waals surface area contributed by atoms with E-state index in [1.165, 1.54) is 11.8 Å². The van der Waals surface area contributed by atoms with Crippen molar-refractivity contribution >= 4 is 22.7 Å². The van der Waals surface area contributed by atoms with Gasteiger partial charge >= 0.3 is 0 Å². The Labute approximate surface area is 198 Å². The highest BCUT2D eigenvalue weighted by molar-refractivity contribution is 6.07. The van der Waals surface area contributed by atoms with Gasteiger partial charge in [-0.2, -0.15) is 0 Å². The Morgan fingerprint density at radius 1 is 0.853 bits per heavy atom. The number of benzene rings is 2. The number of aromatic nitrogens is 1. The van der Waals surface area contributed by atoms with Crippen LogP contribution in [0.25, 0.3) is 22.2 Å². The maximum absolute atomic E-state index is 13.6. The summed E-state index contributed by atoms with van der Waals surface area (Å²) in [5.41, 5.74) is 4.46. The molecule has 1 saturated heterocycles. The normalized spacial score (nSPS) is 14.1. The molecule has 0 spiro atoms. The molecule has 2 aromatic heterocycles. The molecule has 4 aromatic rings. The largest absolute Gasteiger partial charge is 0.459 e. The topological polar surface area (TPSA) is 66.7 Å². The van der Waals surface area contributed by atoms with E-state index in [9.17, 15) is 9.59 Å². The van der Waals surface area contributed by atoms with Crippen LogP contribution in [-0.2, 0) is 0 Å². The van der Waals surface area contributed by atoms with Crippen LogP contribution in [0.15, 0.2) is 77.4 Å². The molecular weight excluding hydrogens is 426 g/mol. The highest BCUT2D eigenvalue weighted by Gasteiger charge is 2.27. The molecule has 3 heterocycles. The van der Waals surface area contributed by atoms with Crippen molar-refractivity contribution in [2.45, 2.75) is 19.8 Å². The van der Waals surface area contributed by atoms with Gasteiger partial charge in [-0.1, -0.05) is 56.3 Å². The zero-order valence-corrected chi connectivity index (χ0v) is 19.4. The van der Waals surface area contributed by atoms with Crippen LogP contribution >= 0.6 is 0 Å². The lowest BCUT2D eigenvalue weighted by molar-refractivity contribution is 0.0519. The van der Waals surface area contributed by atoms with Crippen molar-refractivity contribution in [2.75, 3.05) is 26.2 Å². The predicted molar refractivity (Wildman–Crippen MR) is 132 cm³/mol. The lowest BCUT2D eigenvalue weighted by Crippen LogP contribution is -2.50. The maximum Gasteiger partial charge on any atom is 0.289 e. The summed E-state index contributed by atoms with van der Waals surface area (Å²) < 4.78 is 5.24. The third-order valence-corrected chi connectivity index (χ3v) is 6.41. The number of nitrogens with zero attached hydrogens (tertiary/aromatic N) is 3. The third kappa shape index (κ3) is 4.19. The molecule has 2 aromatic carbocycles. The molecule has 1 aliphatic heterocycles. The average molecular weight is 454 g/mol. The van der Waals surface area contributed by atoms with Gasteiger partial charge in [0.15, 0.2) is 5.76 Å². The van der Waals surface area contributed by atoms with E-state index in [1.54, 1.807) is 17.0 Å². The van der Waals surface area contributed by atoms with Crippen molar-refractivity contribution in [3.8, 4) is 11.3 Å². The van der Waals surface area contributed by atoms with Crippen LogP contribution < -0.4 is 0 Å². The minimum Gasteiger partial charge on any atom is -0.459 e. The first-order valence-electron chi connectivity index (χ1n) is 11.6. The fourth-order valence-electron chi connectivity index (χ4n) is 4.38. The standard InChI is InChI=1S/C28H27N3O3/c1-19(2)20-9-11-21(12-10-20)25-18-23(22-6-3-4-7-24(22)29-25)27(32)30-13-15-31(16-14-30)28(33)26-8-5-17-34-26/h3-12,17-19H,13-16H2,1-2H3. The number of hydrogen-bond donors (Lipinski definition) is 0. The molecule has 172 valence electrons. The van der Waals surface area contributed by atoms with Crippen molar-refractivity contribution < 1.29 is 14.0 Å². The smallest absolute Gasteiger partial charge is 0.289 e. The van der Waals surface area contributed by atoms with Gasteiger partial charge in [0.1, 0.15) is 0 Å². The van der Waals surface area contributed by atoms with Crippen molar-refractivity contribution in [3.63, 3.8) is 0 Å². The summed E-state index contributed by atoms with van der Waals surface area (Å²) in [6, 6.07) is 21.4. The lowest BCUT2D eigenvalue weighted by Gasteiger charge is -2.34. The van der Waals surface area contributed by atoms with E-state index >= 15 is 0 Å². The number of carbonyl (C=O) groups excluding carboxylic acids is 2. The Balaban J connectivity index is 1.41. The lowest BCUT2D eigenvalue weighted by atomic mass is 9.99. The second-order valence-corrected chi connectivity index (χ2v) is 8.91. The van der Waals surface area contributed by atoms with Crippen LogP contribution in [0.5, 0.6) is 0 Å². The monoisotopic (exact) mass is 453 g/mol. The number of carbonyl (C=O) groups is 2. The molecule has 2 amide bonds. The number of pyridine rings is 1. The summed E-state index contributed by atoms with van der Waals surface area (Å²) in [4.78, 5) is 34.6. The SMILES string of the molecule is CC(C)c1ccc(-c2cc(C(=O)N3CCN(C(=O)c4ccco4)CC3)c3ccccc3n2)cc1. The van der Waals surface area contributed by atoms with Crippen LogP contribution in [0.1, 0.15) is 46.2 Å². The van der Waals surface area contributed by atoms with Crippen LogP contribution in [0.4, 0.5) is 0 Å². The quantitative estimate of drug-likeness (QED) is 0.425. The fraction of sp³-hybridized carbons (Fsp3) is 0.250. The number of piperazine rings is 1. The van der Waals surface area contributed by atoms with Gasteiger partial charge in [0, 0.05) is 37.1 Å². The summed E-state index contributed by atoms with van der Waals surface area (Å²) >= 11 is 0. The van der Waals surface area contributed by atoms with Gasteiger partial charge in [-0.3, -0.25) is 9.59 Å². The molecule has 0 aliphatic carbocycles. The minimum atomic E-state index is -0.140. The molecule has 34 heavy (non-hydrogen) atoms. The Hall–Kier alpha value is -3.93. The first kappa shape index (κ1) is 21.9. The van der Waals surface area contributed by atoms with Gasteiger partial charge < -0.3 is 14.2 Å². The fourth-order valence-corrected chi connectivity index (χ4v) is 4.38. The van der Waals surface area contributed by atoms with Crippen LogP contribution in [0.2, 0.25) is 0 Å². The van der Waals surface area contributed by atoms with Gasteiger partial charge in [0.05, 0.1) is 23.0 Å². The van der Waals surface area contributed by atoms with Crippen molar-refractivity contribution in [3.05, 3.63) is 89.9 Å². The van der Waals surface area contributed by atoms with E-state index in [2.05, 4.69) is 38.1 Å². The number of furan rings is 1. The second kappa shape index (κ2) is 9.14. The summed E-state index contributed by atoms with van der Waals surface area (Å²) in [5, 5.41) is 0.837. The van der Waals surface area contributed by atoms with Crippen molar-refractivity contribution in [1.82, 2.24) is 14.8 Å². The van der Waals surface area contributed by atoms with Gasteiger partial charge in [-0.15, -0.1) is 0 Å². The maximum atomic E-state index is 13.6.